The van der Waals surface area contributed by atoms with Crippen LogP contribution < -0.4 is 0 Å². The first kappa shape index (κ1) is 15.2. The fourth-order valence-corrected chi connectivity index (χ4v) is 2.74. The standard InChI is InChI=1S/C14H28N2O3/c1-17-8-4-16-3-2-14(12-16)13-19-11-7-15-5-9-18-10-6-15/h14H,2-13H2,1H3. The van der Waals surface area contributed by atoms with E-state index in [-0.39, 0.29) is 0 Å². The van der Waals surface area contributed by atoms with E-state index >= 15 is 0 Å². The molecule has 0 saturated carbocycles. The maximum absolute atomic E-state index is 5.83. The molecule has 2 rings (SSSR count). The zero-order valence-electron chi connectivity index (χ0n) is 12.2. The maximum Gasteiger partial charge on any atom is 0.0594 e. The highest BCUT2D eigenvalue weighted by atomic mass is 16.5. The lowest BCUT2D eigenvalue weighted by Gasteiger charge is -2.26. The third-order valence-corrected chi connectivity index (χ3v) is 3.99. The third kappa shape index (κ3) is 5.75. The lowest BCUT2D eigenvalue weighted by atomic mass is 10.1. The van der Waals surface area contributed by atoms with Gasteiger partial charge < -0.3 is 19.1 Å². The summed E-state index contributed by atoms with van der Waals surface area (Å²) in [5.74, 6) is 0.710. The van der Waals surface area contributed by atoms with Crippen LogP contribution in [-0.4, -0.2) is 89.2 Å². The molecule has 2 saturated heterocycles. The molecule has 0 bridgehead atoms. The summed E-state index contributed by atoms with van der Waals surface area (Å²) in [6.07, 6.45) is 1.27. The van der Waals surface area contributed by atoms with E-state index in [2.05, 4.69) is 9.80 Å². The van der Waals surface area contributed by atoms with Crippen molar-refractivity contribution in [3.05, 3.63) is 0 Å². The smallest absolute Gasteiger partial charge is 0.0594 e. The van der Waals surface area contributed by atoms with Crippen molar-refractivity contribution in [1.82, 2.24) is 9.80 Å². The van der Waals surface area contributed by atoms with Gasteiger partial charge in [0.15, 0.2) is 0 Å². The summed E-state index contributed by atoms with van der Waals surface area (Å²) >= 11 is 0. The summed E-state index contributed by atoms with van der Waals surface area (Å²) in [7, 11) is 1.77. The van der Waals surface area contributed by atoms with E-state index in [4.69, 9.17) is 14.2 Å². The highest BCUT2D eigenvalue weighted by Gasteiger charge is 2.22. The molecule has 2 aliphatic heterocycles. The average molecular weight is 272 g/mol. The molecular weight excluding hydrogens is 244 g/mol. The largest absolute Gasteiger partial charge is 0.383 e. The molecule has 1 unspecified atom stereocenters. The molecule has 2 aliphatic rings. The predicted molar refractivity (Wildman–Crippen MR) is 74.5 cm³/mol. The normalized spacial score (nSPS) is 26.1. The van der Waals surface area contributed by atoms with Crippen molar-refractivity contribution in [3.63, 3.8) is 0 Å². The number of morpholine rings is 1. The average Bonchev–Trinajstić information content (AvgIpc) is 2.90. The van der Waals surface area contributed by atoms with Gasteiger partial charge in [0.05, 0.1) is 33.0 Å². The van der Waals surface area contributed by atoms with E-state index in [0.29, 0.717) is 5.92 Å². The molecule has 5 nitrogen and oxygen atoms in total. The lowest BCUT2D eigenvalue weighted by Crippen LogP contribution is -2.38. The Labute approximate surface area is 116 Å². The minimum absolute atomic E-state index is 0.710. The molecule has 0 aromatic heterocycles. The van der Waals surface area contributed by atoms with E-state index < -0.39 is 0 Å². The van der Waals surface area contributed by atoms with Crippen molar-refractivity contribution in [2.45, 2.75) is 6.42 Å². The molecular formula is C14H28N2O3. The number of likely N-dealkylation sites (tertiary alicyclic amines) is 1. The molecule has 112 valence electrons. The number of hydrogen-bond acceptors (Lipinski definition) is 5. The minimum Gasteiger partial charge on any atom is -0.383 e. The van der Waals surface area contributed by atoms with E-state index in [9.17, 15) is 0 Å². The third-order valence-electron chi connectivity index (χ3n) is 3.99. The summed E-state index contributed by atoms with van der Waals surface area (Å²) in [4.78, 5) is 4.89. The van der Waals surface area contributed by atoms with Crippen LogP contribution in [-0.2, 0) is 14.2 Å². The summed E-state index contributed by atoms with van der Waals surface area (Å²) in [6.45, 7) is 10.9. The summed E-state index contributed by atoms with van der Waals surface area (Å²) < 4.78 is 16.3. The first-order valence-electron chi connectivity index (χ1n) is 7.47. The Balaban J connectivity index is 1.47. The Bertz CT molecular complexity index is 235. The van der Waals surface area contributed by atoms with Crippen LogP contribution in [0.2, 0.25) is 0 Å². The van der Waals surface area contributed by atoms with Crippen LogP contribution in [0.15, 0.2) is 0 Å². The van der Waals surface area contributed by atoms with Crippen LogP contribution in [0.4, 0.5) is 0 Å². The van der Waals surface area contributed by atoms with Gasteiger partial charge in [-0.05, 0) is 18.9 Å². The number of rotatable bonds is 8. The van der Waals surface area contributed by atoms with Gasteiger partial charge in [-0.15, -0.1) is 0 Å². The van der Waals surface area contributed by atoms with Gasteiger partial charge >= 0.3 is 0 Å². The summed E-state index contributed by atoms with van der Waals surface area (Å²) in [5, 5.41) is 0. The highest BCUT2D eigenvalue weighted by molar-refractivity contribution is 4.75. The van der Waals surface area contributed by atoms with Crippen molar-refractivity contribution in [2.24, 2.45) is 5.92 Å². The molecule has 19 heavy (non-hydrogen) atoms. The van der Waals surface area contributed by atoms with Gasteiger partial charge in [0.25, 0.3) is 0 Å². The summed E-state index contributed by atoms with van der Waals surface area (Å²) in [6, 6.07) is 0. The van der Waals surface area contributed by atoms with E-state index in [0.717, 1.165) is 59.2 Å². The van der Waals surface area contributed by atoms with Gasteiger partial charge in [-0.25, -0.2) is 0 Å². The molecule has 0 aliphatic carbocycles. The molecule has 0 aromatic carbocycles. The lowest BCUT2D eigenvalue weighted by molar-refractivity contribution is 0.0160. The monoisotopic (exact) mass is 272 g/mol. The van der Waals surface area contributed by atoms with Gasteiger partial charge in [0.2, 0.25) is 0 Å². The van der Waals surface area contributed by atoms with Crippen molar-refractivity contribution in [3.8, 4) is 0 Å². The Hall–Kier alpha value is -0.200. The Morgan fingerprint density at radius 1 is 1.05 bits per heavy atom. The molecule has 2 heterocycles. The van der Waals surface area contributed by atoms with Gasteiger partial charge in [-0.1, -0.05) is 0 Å². The van der Waals surface area contributed by atoms with Crippen molar-refractivity contribution >= 4 is 0 Å². The first-order valence-corrected chi connectivity index (χ1v) is 7.47. The van der Waals surface area contributed by atoms with Gasteiger partial charge in [-0.3, -0.25) is 4.90 Å². The molecule has 5 heteroatoms. The molecule has 1 atom stereocenters. The SMILES string of the molecule is COCCN1CCC(COCCN2CCOCC2)C1. The van der Waals surface area contributed by atoms with E-state index in [1.807, 2.05) is 0 Å². The van der Waals surface area contributed by atoms with Gasteiger partial charge in [-0.2, -0.15) is 0 Å². The van der Waals surface area contributed by atoms with E-state index in [1.54, 1.807) is 7.11 Å². The Morgan fingerprint density at radius 3 is 2.63 bits per heavy atom. The second-order valence-electron chi connectivity index (χ2n) is 5.48. The zero-order valence-corrected chi connectivity index (χ0v) is 12.2. The van der Waals surface area contributed by atoms with E-state index in [1.165, 1.54) is 19.5 Å². The van der Waals surface area contributed by atoms with Crippen LogP contribution in [0.25, 0.3) is 0 Å². The fraction of sp³-hybridized carbons (Fsp3) is 1.00. The molecule has 0 radical (unpaired) electrons. The Kier molecular flexibility index (Phi) is 7.09. The molecule has 0 amide bonds. The number of methoxy groups -OCH3 is 1. The topological polar surface area (TPSA) is 34.2 Å². The maximum atomic E-state index is 5.83. The van der Waals surface area contributed by atoms with Crippen LogP contribution in [0.3, 0.4) is 0 Å². The van der Waals surface area contributed by atoms with Crippen LogP contribution in [0.1, 0.15) is 6.42 Å². The van der Waals surface area contributed by atoms with Crippen LogP contribution in [0.5, 0.6) is 0 Å². The van der Waals surface area contributed by atoms with Crippen molar-refractivity contribution < 1.29 is 14.2 Å². The number of hydrogen-bond donors (Lipinski definition) is 0. The molecule has 2 fully saturated rings. The summed E-state index contributed by atoms with van der Waals surface area (Å²) in [5.41, 5.74) is 0. The highest BCUT2D eigenvalue weighted by Crippen LogP contribution is 2.15. The molecule has 0 spiro atoms. The van der Waals surface area contributed by atoms with Crippen LogP contribution in [0, 0.1) is 5.92 Å². The quantitative estimate of drug-likeness (QED) is 0.594. The molecule has 0 N–H and O–H groups in total. The number of nitrogens with zero attached hydrogens (tertiary/aromatic N) is 2. The second kappa shape index (κ2) is 8.87. The number of ether oxygens (including phenoxy) is 3. The molecule has 0 aromatic rings. The first-order chi connectivity index (χ1) is 9.38. The van der Waals surface area contributed by atoms with Gasteiger partial charge in [0.1, 0.15) is 0 Å². The van der Waals surface area contributed by atoms with Crippen molar-refractivity contribution in [2.75, 3.05) is 79.4 Å². The Morgan fingerprint density at radius 2 is 1.84 bits per heavy atom. The van der Waals surface area contributed by atoms with Crippen LogP contribution >= 0.6 is 0 Å². The van der Waals surface area contributed by atoms with Gasteiger partial charge in [0, 0.05) is 39.8 Å². The van der Waals surface area contributed by atoms with Crippen molar-refractivity contribution in [1.29, 1.82) is 0 Å². The zero-order chi connectivity index (χ0) is 13.3. The predicted octanol–water partition coefficient (Wildman–Crippen LogP) is 0.304. The minimum atomic E-state index is 0.710. The fourth-order valence-electron chi connectivity index (χ4n) is 2.74. The second-order valence-corrected chi connectivity index (χ2v) is 5.48.